The molecule has 0 aliphatic carbocycles. The average Bonchev–Trinajstić information content (AvgIpc) is 2.72. The third-order valence-corrected chi connectivity index (χ3v) is 4.58. The molecule has 2 aromatic rings. The van der Waals surface area contributed by atoms with Gasteiger partial charge in [-0.05, 0) is 31.2 Å². The van der Waals surface area contributed by atoms with Gasteiger partial charge in [-0.25, -0.2) is 4.79 Å². The minimum atomic E-state index is -0.831. The molecule has 0 bridgehead atoms. The van der Waals surface area contributed by atoms with Crippen molar-refractivity contribution >= 4 is 23.3 Å². The van der Waals surface area contributed by atoms with Gasteiger partial charge in [-0.1, -0.05) is 6.07 Å². The number of non-ortho nitro benzene ring substituents is 1. The number of carbonyl (C=O) groups is 2. The minimum absolute atomic E-state index is 0.153. The number of nitro groups is 1. The summed E-state index contributed by atoms with van der Waals surface area (Å²) in [5, 5.41) is 19.0. The van der Waals surface area contributed by atoms with Crippen LogP contribution in [0, 0.1) is 10.1 Å². The summed E-state index contributed by atoms with van der Waals surface area (Å²) in [4.78, 5) is 35.7. The van der Waals surface area contributed by atoms with E-state index in [0.29, 0.717) is 22.8 Å². The Hall–Kier alpha value is -4.08. The molecule has 3 rings (SSSR count). The summed E-state index contributed by atoms with van der Waals surface area (Å²) in [6, 6.07) is 9.32. The van der Waals surface area contributed by atoms with Crippen LogP contribution in [0.3, 0.4) is 0 Å². The molecule has 2 aromatic carbocycles. The number of hydrogen-bond donors (Lipinski definition) is 3. The smallest absolute Gasteiger partial charge is 0.319 e. The summed E-state index contributed by atoms with van der Waals surface area (Å²) in [7, 11) is 2.98. The van der Waals surface area contributed by atoms with Crippen molar-refractivity contribution in [3.63, 3.8) is 0 Å². The molecule has 0 fully saturated rings. The molecule has 1 atom stereocenters. The molecule has 10 heteroatoms. The lowest BCUT2D eigenvalue weighted by Crippen LogP contribution is -2.46. The Labute approximate surface area is 172 Å². The molecule has 3 amide bonds. The van der Waals surface area contributed by atoms with Gasteiger partial charge >= 0.3 is 6.03 Å². The number of nitrogens with one attached hydrogen (secondary N) is 3. The Morgan fingerprint density at radius 2 is 1.93 bits per heavy atom. The lowest BCUT2D eigenvalue weighted by atomic mass is 9.93. The maximum atomic E-state index is 13.1. The predicted octanol–water partition coefficient (Wildman–Crippen LogP) is 2.88. The quantitative estimate of drug-likeness (QED) is 0.494. The number of ether oxygens (including phenoxy) is 2. The third-order valence-electron chi connectivity index (χ3n) is 4.58. The van der Waals surface area contributed by atoms with Crippen molar-refractivity contribution < 1.29 is 24.0 Å². The summed E-state index contributed by atoms with van der Waals surface area (Å²) in [5.41, 5.74) is 1.20. The number of anilines is 1. The van der Waals surface area contributed by atoms with E-state index in [1.807, 2.05) is 0 Å². The summed E-state index contributed by atoms with van der Waals surface area (Å²) >= 11 is 0. The molecule has 0 unspecified atom stereocenters. The Bertz CT molecular complexity index is 1050. The largest absolute Gasteiger partial charge is 0.497 e. The number of nitro benzene ring substituents is 1. The lowest BCUT2D eigenvalue weighted by Gasteiger charge is -2.29. The van der Waals surface area contributed by atoms with Gasteiger partial charge in [-0.3, -0.25) is 14.9 Å². The number of carbonyl (C=O) groups excluding carboxylic acids is 2. The number of amides is 3. The fourth-order valence-corrected chi connectivity index (χ4v) is 3.19. The molecule has 1 aliphatic rings. The van der Waals surface area contributed by atoms with Crippen LogP contribution < -0.4 is 25.4 Å². The van der Waals surface area contributed by atoms with Crippen molar-refractivity contribution in [2.45, 2.75) is 13.0 Å². The molecule has 1 heterocycles. The fraction of sp³-hybridized carbons (Fsp3) is 0.200. The Morgan fingerprint density at radius 1 is 1.17 bits per heavy atom. The summed E-state index contributed by atoms with van der Waals surface area (Å²) in [6.45, 7) is 1.60. The molecule has 30 heavy (non-hydrogen) atoms. The molecule has 3 N–H and O–H groups in total. The van der Waals surface area contributed by atoms with Crippen LogP contribution in [-0.4, -0.2) is 31.1 Å². The lowest BCUT2D eigenvalue weighted by molar-refractivity contribution is -0.384. The number of benzene rings is 2. The van der Waals surface area contributed by atoms with Crippen molar-refractivity contribution in [2.75, 3.05) is 19.5 Å². The number of hydrogen-bond acceptors (Lipinski definition) is 6. The monoisotopic (exact) mass is 412 g/mol. The van der Waals surface area contributed by atoms with E-state index in [2.05, 4.69) is 16.0 Å². The van der Waals surface area contributed by atoms with Crippen LogP contribution in [0.4, 0.5) is 16.2 Å². The Balaban J connectivity index is 2.01. The Morgan fingerprint density at radius 3 is 2.60 bits per heavy atom. The van der Waals surface area contributed by atoms with E-state index in [1.54, 1.807) is 25.1 Å². The topological polar surface area (TPSA) is 132 Å². The van der Waals surface area contributed by atoms with Crippen LogP contribution >= 0.6 is 0 Å². The third kappa shape index (κ3) is 4.17. The van der Waals surface area contributed by atoms with Crippen LogP contribution in [0.25, 0.3) is 0 Å². The van der Waals surface area contributed by atoms with Gasteiger partial charge in [0.1, 0.15) is 11.5 Å². The first-order chi connectivity index (χ1) is 14.3. The first-order valence-electron chi connectivity index (χ1n) is 8.90. The summed E-state index contributed by atoms with van der Waals surface area (Å²) in [5.74, 6) is 0.446. The number of urea groups is 1. The van der Waals surface area contributed by atoms with Crippen LogP contribution in [0.2, 0.25) is 0 Å². The molecule has 10 nitrogen and oxygen atoms in total. The zero-order chi connectivity index (χ0) is 21.8. The van der Waals surface area contributed by atoms with Gasteiger partial charge in [0.2, 0.25) is 0 Å². The van der Waals surface area contributed by atoms with Gasteiger partial charge in [-0.15, -0.1) is 0 Å². The standard InChI is InChI=1S/C20H20N4O6/c1-11-17(19(25)22-12-5-4-6-13(9-12)24(27)28)18(23-20(26)21-11)15-10-14(29-2)7-8-16(15)30-3/h4-10,18H,1-3H3,(H,22,25)(H2,21,23,26)/t18-/m1/s1. The number of nitrogens with zero attached hydrogens (tertiary/aromatic N) is 1. The second kappa shape index (κ2) is 8.52. The van der Waals surface area contributed by atoms with Gasteiger partial charge in [0, 0.05) is 29.1 Å². The average molecular weight is 412 g/mol. The van der Waals surface area contributed by atoms with Crippen LogP contribution in [0.5, 0.6) is 11.5 Å². The highest BCUT2D eigenvalue weighted by Crippen LogP contribution is 2.36. The van der Waals surface area contributed by atoms with Gasteiger partial charge in [0.05, 0.1) is 30.8 Å². The van der Waals surface area contributed by atoms with Crippen LogP contribution in [0.1, 0.15) is 18.5 Å². The molecule has 0 saturated carbocycles. The van der Waals surface area contributed by atoms with E-state index >= 15 is 0 Å². The first kappa shape index (κ1) is 20.6. The number of rotatable bonds is 6. The predicted molar refractivity (Wildman–Crippen MR) is 108 cm³/mol. The number of methoxy groups -OCH3 is 2. The normalized spacial score (nSPS) is 15.7. The molecule has 0 spiro atoms. The zero-order valence-electron chi connectivity index (χ0n) is 16.5. The zero-order valence-corrected chi connectivity index (χ0v) is 16.5. The summed E-state index contributed by atoms with van der Waals surface area (Å²) in [6.07, 6.45) is 0. The van der Waals surface area contributed by atoms with Gasteiger partial charge < -0.3 is 25.4 Å². The summed E-state index contributed by atoms with van der Waals surface area (Å²) < 4.78 is 10.7. The second-order valence-electron chi connectivity index (χ2n) is 6.44. The van der Waals surface area contributed by atoms with Crippen molar-refractivity contribution in [3.8, 4) is 11.5 Å². The van der Waals surface area contributed by atoms with Gasteiger partial charge in [0.15, 0.2) is 0 Å². The van der Waals surface area contributed by atoms with E-state index in [1.165, 1.54) is 38.5 Å². The van der Waals surface area contributed by atoms with Crippen molar-refractivity contribution in [1.82, 2.24) is 10.6 Å². The molecule has 156 valence electrons. The maximum Gasteiger partial charge on any atom is 0.319 e. The highest BCUT2D eigenvalue weighted by Gasteiger charge is 2.33. The van der Waals surface area contributed by atoms with Crippen molar-refractivity contribution in [1.29, 1.82) is 0 Å². The first-order valence-corrected chi connectivity index (χ1v) is 8.90. The van der Waals surface area contributed by atoms with E-state index in [-0.39, 0.29) is 16.9 Å². The van der Waals surface area contributed by atoms with Crippen LogP contribution in [-0.2, 0) is 4.79 Å². The fourth-order valence-electron chi connectivity index (χ4n) is 3.19. The molecular weight excluding hydrogens is 392 g/mol. The molecule has 0 aromatic heterocycles. The van der Waals surface area contributed by atoms with Gasteiger partial charge in [-0.2, -0.15) is 0 Å². The van der Waals surface area contributed by atoms with E-state index in [9.17, 15) is 19.7 Å². The highest BCUT2D eigenvalue weighted by atomic mass is 16.6. The molecule has 0 saturated heterocycles. The molecule has 1 aliphatic heterocycles. The van der Waals surface area contributed by atoms with E-state index in [4.69, 9.17) is 9.47 Å². The molecule has 0 radical (unpaired) electrons. The van der Waals surface area contributed by atoms with E-state index < -0.39 is 22.9 Å². The van der Waals surface area contributed by atoms with E-state index in [0.717, 1.165) is 0 Å². The highest BCUT2D eigenvalue weighted by molar-refractivity contribution is 6.07. The Kier molecular flexibility index (Phi) is 5.86. The van der Waals surface area contributed by atoms with Crippen LogP contribution in [0.15, 0.2) is 53.7 Å². The van der Waals surface area contributed by atoms with Crippen molar-refractivity contribution in [2.24, 2.45) is 0 Å². The SMILES string of the molecule is COc1ccc(OC)c([C@H]2NC(=O)NC(C)=C2C(=O)Nc2cccc([N+](=O)[O-])c2)c1. The second-order valence-corrected chi connectivity index (χ2v) is 6.44. The van der Waals surface area contributed by atoms with Crippen molar-refractivity contribution in [3.05, 3.63) is 69.4 Å². The number of allylic oxidation sites excluding steroid dienone is 1. The maximum absolute atomic E-state index is 13.1. The van der Waals surface area contributed by atoms with Gasteiger partial charge in [0.25, 0.3) is 11.6 Å². The molecular formula is C20H20N4O6. The minimum Gasteiger partial charge on any atom is -0.497 e.